The lowest BCUT2D eigenvalue weighted by atomic mass is 10.2. The van der Waals surface area contributed by atoms with Gasteiger partial charge in [-0.05, 0) is 53.7 Å². The first-order chi connectivity index (χ1) is 8.65. The van der Waals surface area contributed by atoms with Crippen LogP contribution in [0.1, 0.15) is 11.3 Å². The molecule has 18 heavy (non-hydrogen) atoms. The number of fused-ring (bicyclic) bond motifs is 1. The lowest BCUT2D eigenvalue weighted by Gasteiger charge is -1.97. The van der Waals surface area contributed by atoms with Gasteiger partial charge in [0, 0.05) is 17.0 Å². The molecule has 0 N–H and O–H groups in total. The van der Waals surface area contributed by atoms with Crippen LogP contribution in [0, 0.1) is 13.8 Å². The Kier molecular flexibility index (Phi) is 2.56. The largest absolute Gasteiger partial charge is 0.224 e. The highest BCUT2D eigenvalue weighted by Crippen LogP contribution is 2.13. The first-order valence-corrected chi connectivity index (χ1v) is 6.17. The maximum Gasteiger partial charge on any atom is 0.224 e. The van der Waals surface area contributed by atoms with Crippen LogP contribution in [0.5, 0.6) is 0 Å². The molecule has 0 atom stereocenters. The van der Waals surface area contributed by atoms with E-state index < -0.39 is 0 Å². The molecule has 4 heteroatoms. The van der Waals surface area contributed by atoms with Crippen LogP contribution in [-0.4, -0.2) is 9.90 Å². The molecule has 3 nitrogen and oxygen atoms in total. The SMILES string of the molecule is Cc1cc[n+]2c(c1)c(C)nn2-c1ccc(Cl)cc1. The fourth-order valence-corrected chi connectivity index (χ4v) is 2.16. The minimum Gasteiger partial charge on any atom is -0.120 e. The molecule has 90 valence electrons. The van der Waals surface area contributed by atoms with Gasteiger partial charge in [0.05, 0.1) is 0 Å². The van der Waals surface area contributed by atoms with Crippen LogP contribution in [0.15, 0.2) is 42.6 Å². The Balaban J connectivity index is 2.26. The number of nitrogens with zero attached hydrogens (tertiary/aromatic N) is 3. The van der Waals surface area contributed by atoms with Gasteiger partial charge in [0.1, 0.15) is 11.9 Å². The number of aromatic nitrogens is 3. The van der Waals surface area contributed by atoms with E-state index in [-0.39, 0.29) is 0 Å². The second-order valence-corrected chi connectivity index (χ2v) is 4.82. The predicted molar refractivity (Wildman–Crippen MR) is 71.2 cm³/mol. The van der Waals surface area contributed by atoms with E-state index in [2.05, 4.69) is 24.2 Å². The molecule has 0 saturated carbocycles. The van der Waals surface area contributed by atoms with Crippen molar-refractivity contribution in [2.24, 2.45) is 0 Å². The van der Waals surface area contributed by atoms with E-state index in [1.807, 2.05) is 46.7 Å². The van der Waals surface area contributed by atoms with Gasteiger partial charge in [0.15, 0.2) is 0 Å². The Morgan fingerprint density at radius 1 is 1.11 bits per heavy atom. The predicted octanol–water partition coefficient (Wildman–Crippen LogP) is 2.88. The molecule has 0 aliphatic carbocycles. The van der Waals surface area contributed by atoms with Crippen molar-refractivity contribution in [1.82, 2.24) is 9.90 Å². The van der Waals surface area contributed by atoms with Crippen LogP contribution in [0.3, 0.4) is 0 Å². The van der Waals surface area contributed by atoms with Crippen molar-refractivity contribution in [3.63, 3.8) is 0 Å². The van der Waals surface area contributed by atoms with E-state index in [9.17, 15) is 0 Å². The quantitative estimate of drug-likeness (QED) is 0.615. The van der Waals surface area contributed by atoms with Crippen molar-refractivity contribution in [2.45, 2.75) is 13.8 Å². The number of benzene rings is 1. The van der Waals surface area contributed by atoms with E-state index >= 15 is 0 Å². The molecular weight excluding hydrogens is 246 g/mol. The van der Waals surface area contributed by atoms with E-state index in [0.717, 1.165) is 21.9 Å². The summed E-state index contributed by atoms with van der Waals surface area (Å²) in [6.07, 6.45) is 2.03. The molecule has 0 spiro atoms. The van der Waals surface area contributed by atoms with Crippen molar-refractivity contribution >= 4 is 17.1 Å². The van der Waals surface area contributed by atoms with Gasteiger partial charge in [0.25, 0.3) is 0 Å². The summed E-state index contributed by atoms with van der Waals surface area (Å²) in [4.78, 5) is 1.88. The summed E-state index contributed by atoms with van der Waals surface area (Å²) >= 11 is 5.91. The molecule has 3 aromatic rings. The van der Waals surface area contributed by atoms with Crippen LogP contribution in [0.2, 0.25) is 5.02 Å². The molecule has 1 aromatic carbocycles. The molecule has 0 bridgehead atoms. The zero-order valence-corrected chi connectivity index (χ0v) is 11.0. The summed E-state index contributed by atoms with van der Waals surface area (Å²) in [6.45, 7) is 4.10. The third-order valence-corrected chi connectivity index (χ3v) is 3.22. The van der Waals surface area contributed by atoms with Crippen LogP contribution in [0.25, 0.3) is 11.2 Å². The van der Waals surface area contributed by atoms with Crippen LogP contribution < -0.4 is 4.52 Å². The van der Waals surface area contributed by atoms with Gasteiger partial charge in [-0.15, -0.1) is 4.52 Å². The molecule has 0 radical (unpaired) electrons. The Bertz CT molecular complexity index is 714. The van der Waals surface area contributed by atoms with E-state index in [1.165, 1.54) is 5.56 Å². The number of halogens is 1. The van der Waals surface area contributed by atoms with Gasteiger partial charge in [0.2, 0.25) is 11.2 Å². The van der Waals surface area contributed by atoms with E-state index in [1.54, 1.807) is 0 Å². The Labute approximate surface area is 110 Å². The minimum atomic E-state index is 0.729. The molecule has 2 aromatic heterocycles. The summed E-state index contributed by atoms with van der Waals surface area (Å²) in [7, 11) is 0. The molecule has 0 aliphatic rings. The molecule has 0 aliphatic heterocycles. The van der Waals surface area contributed by atoms with Crippen molar-refractivity contribution in [2.75, 3.05) is 0 Å². The Morgan fingerprint density at radius 3 is 2.56 bits per heavy atom. The lowest BCUT2D eigenvalue weighted by Crippen LogP contribution is -2.31. The van der Waals surface area contributed by atoms with E-state index in [0.29, 0.717) is 0 Å². The van der Waals surface area contributed by atoms with Crippen molar-refractivity contribution in [3.05, 3.63) is 58.9 Å². The van der Waals surface area contributed by atoms with Crippen molar-refractivity contribution in [3.8, 4) is 5.69 Å². The molecule has 3 rings (SSSR count). The monoisotopic (exact) mass is 258 g/mol. The summed E-state index contributed by atoms with van der Waals surface area (Å²) in [6, 6.07) is 11.9. The minimum absolute atomic E-state index is 0.729. The first-order valence-electron chi connectivity index (χ1n) is 5.79. The normalized spacial score (nSPS) is 11.1. The van der Waals surface area contributed by atoms with Gasteiger partial charge in [-0.1, -0.05) is 11.6 Å². The van der Waals surface area contributed by atoms with Gasteiger partial charge < -0.3 is 0 Å². The molecule has 0 fully saturated rings. The topological polar surface area (TPSA) is 21.9 Å². The highest BCUT2D eigenvalue weighted by Gasteiger charge is 2.17. The molecule has 0 saturated heterocycles. The maximum absolute atomic E-state index is 5.91. The van der Waals surface area contributed by atoms with Gasteiger partial charge in [-0.25, -0.2) is 0 Å². The van der Waals surface area contributed by atoms with Crippen LogP contribution >= 0.6 is 11.6 Å². The Hall–Kier alpha value is -1.87. The number of pyridine rings is 1. The van der Waals surface area contributed by atoms with Crippen LogP contribution in [0.4, 0.5) is 0 Å². The summed E-state index contributed by atoms with van der Waals surface area (Å²) in [5.41, 5.74) is 4.35. The van der Waals surface area contributed by atoms with Crippen molar-refractivity contribution in [1.29, 1.82) is 0 Å². The maximum atomic E-state index is 5.91. The third-order valence-electron chi connectivity index (χ3n) is 2.97. The highest BCUT2D eigenvalue weighted by atomic mass is 35.5. The van der Waals surface area contributed by atoms with Crippen molar-refractivity contribution < 1.29 is 4.52 Å². The summed E-state index contributed by atoms with van der Waals surface area (Å²) in [5, 5.41) is 5.30. The van der Waals surface area contributed by atoms with Crippen LogP contribution in [-0.2, 0) is 0 Å². The molecule has 0 amide bonds. The number of rotatable bonds is 1. The standard InChI is InChI=1S/C14H13ClN3/c1-10-7-8-17-14(9-10)11(2)16-18(17)13-5-3-12(15)4-6-13/h3-9H,1-2H3/q+1. The van der Waals surface area contributed by atoms with Gasteiger partial charge in [-0.3, -0.25) is 0 Å². The fourth-order valence-electron chi connectivity index (χ4n) is 2.03. The average molecular weight is 259 g/mol. The van der Waals surface area contributed by atoms with E-state index in [4.69, 9.17) is 11.6 Å². The second-order valence-electron chi connectivity index (χ2n) is 4.39. The summed E-state index contributed by atoms with van der Waals surface area (Å²) in [5.74, 6) is 0. The number of aryl methyl sites for hydroxylation is 2. The lowest BCUT2D eigenvalue weighted by molar-refractivity contribution is -0.604. The zero-order valence-electron chi connectivity index (χ0n) is 10.3. The second kappa shape index (κ2) is 4.10. The molecular formula is C14H13ClN3+. The number of hydrogen-bond acceptors (Lipinski definition) is 1. The average Bonchev–Trinajstić information content (AvgIpc) is 2.68. The highest BCUT2D eigenvalue weighted by molar-refractivity contribution is 6.30. The Morgan fingerprint density at radius 2 is 1.83 bits per heavy atom. The first kappa shape index (κ1) is 11.2. The van der Waals surface area contributed by atoms with Gasteiger partial charge >= 0.3 is 0 Å². The molecule has 2 heterocycles. The fraction of sp³-hybridized carbons (Fsp3) is 0.143. The summed E-state index contributed by atoms with van der Waals surface area (Å²) < 4.78 is 2.03. The van der Waals surface area contributed by atoms with Gasteiger partial charge in [-0.2, -0.15) is 0 Å². The smallest absolute Gasteiger partial charge is 0.120 e. The zero-order chi connectivity index (χ0) is 12.7. The molecule has 0 unspecified atom stereocenters. The third kappa shape index (κ3) is 1.77. The number of hydrogen-bond donors (Lipinski definition) is 0.